The summed E-state index contributed by atoms with van der Waals surface area (Å²) in [7, 11) is 1.96. The van der Waals surface area contributed by atoms with Crippen LogP contribution in [0.2, 0.25) is 0 Å². The van der Waals surface area contributed by atoms with Gasteiger partial charge in [-0.25, -0.2) is 0 Å². The molecule has 166 valence electrons. The van der Waals surface area contributed by atoms with E-state index in [-0.39, 0.29) is 20.1 Å². The molecular weight excluding hydrogens is 597 g/mol. The van der Waals surface area contributed by atoms with Crippen molar-refractivity contribution in [1.29, 1.82) is 0 Å². The van der Waals surface area contributed by atoms with Crippen LogP contribution in [0.4, 0.5) is 0 Å². The molecule has 3 aromatic heterocycles. The first-order valence-electron chi connectivity index (χ1n) is 10.8. The number of aromatic nitrogens is 2. The number of fused-ring (bicyclic) bond motifs is 3. The molecule has 0 saturated carbocycles. The Hall–Kier alpha value is -3.59. The first kappa shape index (κ1) is 23.6. The van der Waals surface area contributed by atoms with Gasteiger partial charge in [-0.1, -0.05) is 41.8 Å². The maximum absolute atomic E-state index is 6.02. The van der Waals surface area contributed by atoms with Crippen molar-refractivity contribution in [1.82, 2.24) is 4.98 Å². The minimum atomic E-state index is 0. The summed E-state index contributed by atoms with van der Waals surface area (Å²) in [5.74, 6) is 0. The zero-order chi connectivity index (χ0) is 22.6. The van der Waals surface area contributed by atoms with E-state index >= 15 is 0 Å². The van der Waals surface area contributed by atoms with Crippen LogP contribution in [0.5, 0.6) is 0 Å². The quantitative estimate of drug-likeness (QED) is 0.163. The Morgan fingerprint density at radius 1 is 0.794 bits per heavy atom. The zero-order valence-corrected chi connectivity index (χ0v) is 21.3. The summed E-state index contributed by atoms with van der Waals surface area (Å²) < 4.78 is 7.92. The van der Waals surface area contributed by atoms with Gasteiger partial charge in [0, 0.05) is 17.2 Å². The molecule has 0 radical (unpaired) electrons. The third-order valence-corrected chi connectivity index (χ3v) is 5.37. The molecular formula is C30H22IrN2O+. The molecule has 3 heterocycles. The molecule has 3 aromatic carbocycles. The molecule has 0 unspecified atom stereocenters. The van der Waals surface area contributed by atoms with Crippen LogP contribution in [-0.4, -0.2) is 4.98 Å². The third-order valence-electron chi connectivity index (χ3n) is 5.37. The van der Waals surface area contributed by atoms with Crippen molar-refractivity contribution in [3.8, 4) is 22.4 Å². The topological polar surface area (TPSA) is 29.9 Å². The summed E-state index contributed by atoms with van der Waals surface area (Å²) >= 11 is 0. The monoisotopic (exact) mass is 619 g/mol. The minimum absolute atomic E-state index is 0. The number of hydrogen-bond donors (Lipinski definition) is 0. The molecule has 4 heteroatoms. The molecule has 3 nitrogen and oxygen atoms in total. The van der Waals surface area contributed by atoms with E-state index in [4.69, 9.17) is 4.42 Å². The molecule has 34 heavy (non-hydrogen) atoms. The van der Waals surface area contributed by atoms with E-state index < -0.39 is 0 Å². The van der Waals surface area contributed by atoms with Crippen molar-refractivity contribution in [2.45, 2.75) is 6.92 Å². The molecule has 0 amide bonds. The molecule has 0 aliphatic heterocycles. The Kier molecular flexibility index (Phi) is 7.32. The van der Waals surface area contributed by atoms with Crippen LogP contribution in [0.15, 0.2) is 102 Å². The predicted molar refractivity (Wildman–Crippen MR) is 131 cm³/mol. The Labute approximate surface area is 213 Å². The van der Waals surface area contributed by atoms with Gasteiger partial charge < -0.3 is 9.40 Å². The van der Waals surface area contributed by atoms with Crippen LogP contribution < -0.4 is 4.57 Å². The van der Waals surface area contributed by atoms with E-state index in [1.165, 1.54) is 5.56 Å². The van der Waals surface area contributed by atoms with Crippen LogP contribution in [-0.2, 0) is 27.2 Å². The molecule has 6 aromatic rings. The van der Waals surface area contributed by atoms with Crippen molar-refractivity contribution in [3.63, 3.8) is 0 Å². The summed E-state index contributed by atoms with van der Waals surface area (Å²) in [6.07, 6.45) is 7.12. The van der Waals surface area contributed by atoms with Crippen molar-refractivity contribution in [2.24, 2.45) is 7.05 Å². The Morgan fingerprint density at radius 2 is 1.62 bits per heavy atom. The number of benzene rings is 3. The summed E-state index contributed by atoms with van der Waals surface area (Å²) in [5.41, 5.74) is 6.92. The predicted octanol–water partition coefficient (Wildman–Crippen LogP) is 6.53. The number of aryl methyl sites for hydroxylation is 2. The zero-order valence-electron chi connectivity index (χ0n) is 18.9. The van der Waals surface area contributed by atoms with Gasteiger partial charge in [0.05, 0.1) is 6.20 Å². The maximum Gasteiger partial charge on any atom is 3.00 e. The molecule has 0 spiro atoms. The summed E-state index contributed by atoms with van der Waals surface area (Å²) in [4.78, 5) is 4.32. The smallest absolute Gasteiger partial charge is 0.510 e. The van der Waals surface area contributed by atoms with Crippen LogP contribution >= 0.6 is 0 Å². The van der Waals surface area contributed by atoms with Crippen LogP contribution in [0.3, 0.4) is 0 Å². The van der Waals surface area contributed by atoms with Crippen LogP contribution in [0.25, 0.3) is 44.3 Å². The van der Waals surface area contributed by atoms with Gasteiger partial charge in [0.2, 0.25) is 0 Å². The van der Waals surface area contributed by atoms with Gasteiger partial charge in [-0.15, -0.1) is 42.0 Å². The fourth-order valence-corrected chi connectivity index (χ4v) is 3.74. The number of nitrogens with zero attached hydrogens (tertiary/aromatic N) is 2. The Morgan fingerprint density at radius 3 is 2.38 bits per heavy atom. The van der Waals surface area contributed by atoms with E-state index in [0.29, 0.717) is 0 Å². The summed E-state index contributed by atoms with van der Waals surface area (Å²) in [5, 5.41) is 2.26. The van der Waals surface area contributed by atoms with Crippen molar-refractivity contribution in [2.75, 3.05) is 0 Å². The standard InChI is InChI=1S/C18H12NO.C12H10N.Ir/c1-19-11-5-6-13(12-19)14-8-4-9-16-15-7-2-3-10-17(15)20-18(14)16;1-10-7-8-12(13-9-10)11-5-3-2-4-6-11;/h2-7,9-11H,1H3;2-5,7-9H,1H3;/q2*-1;+3. The second-order valence-electron chi connectivity index (χ2n) is 7.84. The first-order chi connectivity index (χ1) is 16.2. The average Bonchev–Trinajstić information content (AvgIpc) is 3.24. The van der Waals surface area contributed by atoms with Gasteiger partial charge in [0.15, 0.2) is 0 Å². The number of rotatable bonds is 2. The molecule has 6 rings (SSSR count). The van der Waals surface area contributed by atoms with E-state index in [1.807, 2.05) is 104 Å². The fourth-order valence-electron chi connectivity index (χ4n) is 3.74. The van der Waals surface area contributed by atoms with Gasteiger partial charge in [-0.2, -0.15) is 29.3 Å². The number of furan rings is 1. The minimum Gasteiger partial charge on any atom is -0.510 e. The fraction of sp³-hybridized carbons (Fsp3) is 0.0667. The molecule has 0 N–H and O–H groups in total. The first-order valence-corrected chi connectivity index (χ1v) is 10.8. The molecule has 0 bridgehead atoms. The van der Waals surface area contributed by atoms with E-state index in [2.05, 4.69) is 35.4 Å². The van der Waals surface area contributed by atoms with E-state index in [0.717, 1.165) is 44.3 Å². The molecule has 0 aliphatic rings. The maximum atomic E-state index is 6.02. The van der Waals surface area contributed by atoms with Gasteiger partial charge in [0.25, 0.3) is 0 Å². The summed E-state index contributed by atoms with van der Waals surface area (Å²) in [6, 6.07) is 34.5. The SMILES string of the molecule is C[n+]1[c-]c(-c2[c-]ccc3c2oc2ccccc23)ccc1.Cc1ccc(-c2[c-]cccc2)nc1.[Ir+3]. The Bertz CT molecular complexity index is 1520. The van der Waals surface area contributed by atoms with Gasteiger partial charge >= 0.3 is 20.1 Å². The van der Waals surface area contributed by atoms with Gasteiger partial charge in [-0.3, -0.25) is 4.57 Å². The third kappa shape index (κ3) is 4.99. The molecule has 0 aliphatic carbocycles. The largest absolute Gasteiger partial charge is 3.00 e. The van der Waals surface area contributed by atoms with Crippen molar-refractivity contribution in [3.05, 3.63) is 121 Å². The molecule has 0 saturated heterocycles. The second kappa shape index (κ2) is 10.6. The Balaban J connectivity index is 0.000000171. The van der Waals surface area contributed by atoms with E-state index in [1.54, 1.807) is 0 Å². The van der Waals surface area contributed by atoms with Crippen molar-refractivity contribution < 1.29 is 29.1 Å². The molecule has 0 atom stereocenters. The van der Waals surface area contributed by atoms with Gasteiger partial charge in [0.1, 0.15) is 18.8 Å². The van der Waals surface area contributed by atoms with Crippen LogP contribution in [0, 0.1) is 25.3 Å². The number of hydrogen-bond acceptors (Lipinski definition) is 2. The number of pyridine rings is 2. The van der Waals surface area contributed by atoms with Crippen molar-refractivity contribution >= 4 is 21.9 Å². The second-order valence-corrected chi connectivity index (χ2v) is 7.84. The van der Waals surface area contributed by atoms with Gasteiger partial charge in [-0.05, 0) is 24.2 Å². The van der Waals surface area contributed by atoms with E-state index in [9.17, 15) is 0 Å². The van der Waals surface area contributed by atoms with Crippen LogP contribution in [0.1, 0.15) is 5.56 Å². The summed E-state index contributed by atoms with van der Waals surface area (Å²) in [6.45, 7) is 2.03. The number of para-hydroxylation sites is 1. The average molecular weight is 619 g/mol. The molecule has 0 fully saturated rings. The normalized spacial score (nSPS) is 10.4.